The highest BCUT2D eigenvalue weighted by Gasteiger charge is 2.60. The van der Waals surface area contributed by atoms with E-state index in [-0.39, 0.29) is 46.9 Å². The molecule has 11 atom stereocenters. The van der Waals surface area contributed by atoms with E-state index in [1.54, 1.807) is 95.2 Å². The fourth-order valence-electron chi connectivity index (χ4n) is 15.8. The Labute approximate surface area is 531 Å². The molecule has 0 unspecified atom stereocenters. The number of esters is 4. The Hall–Kier alpha value is -4.56. The number of benzene rings is 2. The van der Waals surface area contributed by atoms with Crippen molar-refractivity contribution in [1.29, 1.82) is 0 Å². The number of halogens is 2. The number of phenolic OH excluding ortho intramolecular Hbond substituents is 2. The molecule has 6 rings (SSSR count). The minimum Gasteiger partial charge on any atom is -0.506 e. The van der Waals surface area contributed by atoms with Crippen molar-refractivity contribution in [2.75, 3.05) is 0 Å². The number of amides is 2. The number of aromatic hydroxyl groups is 2. The highest BCUT2D eigenvalue weighted by Crippen LogP contribution is 2.69. The van der Waals surface area contributed by atoms with E-state index in [2.05, 4.69) is 45.3 Å². The largest absolute Gasteiger partial charge is 0.506 e. The van der Waals surface area contributed by atoms with Crippen molar-refractivity contribution in [3.8, 4) is 11.5 Å². The van der Waals surface area contributed by atoms with Crippen LogP contribution >= 0.6 is 23.2 Å². The van der Waals surface area contributed by atoms with Crippen LogP contribution in [-0.2, 0) is 38.1 Å². The number of nitrogens with one attached hydrogen (secondary N) is 2. The number of carbonyl (C=O) groups excluding carboxylic acids is 6. The highest BCUT2D eigenvalue weighted by molar-refractivity contribution is 6.33. The van der Waals surface area contributed by atoms with Crippen molar-refractivity contribution < 1.29 is 57.9 Å². The van der Waals surface area contributed by atoms with Gasteiger partial charge in [-0.25, -0.2) is 9.59 Å². The van der Waals surface area contributed by atoms with Gasteiger partial charge in [-0.3, -0.25) is 19.2 Å². The molecule has 0 radical (unpaired) electrons. The van der Waals surface area contributed by atoms with Crippen LogP contribution in [0.1, 0.15) is 277 Å². The van der Waals surface area contributed by atoms with Gasteiger partial charge < -0.3 is 39.8 Å². The summed E-state index contributed by atoms with van der Waals surface area (Å²) in [6, 6.07) is 3.45. The highest BCUT2D eigenvalue weighted by atomic mass is 35.5. The Morgan fingerprint density at radius 3 is 1.48 bits per heavy atom. The summed E-state index contributed by atoms with van der Waals surface area (Å²) < 4.78 is 22.4. The molecular formula is C71H108Cl2N2O12. The molecule has 2 aromatic rings. The van der Waals surface area contributed by atoms with Crippen LogP contribution < -0.4 is 10.6 Å². The number of phenols is 2. The van der Waals surface area contributed by atoms with Gasteiger partial charge in [0.2, 0.25) is 0 Å². The molecule has 4 aliphatic carbocycles. The minimum atomic E-state index is -1.33. The summed E-state index contributed by atoms with van der Waals surface area (Å²) in [7, 11) is 0. The van der Waals surface area contributed by atoms with Gasteiger partial charge in [0.05, 0.1) is 21.2 Å². The van der Waals surface area contributed by atoms with Crippen LogP contribution in [0.5, 0.6) is 11.5 Å². The first kappa shape index (κ1) is 71.5. The Bertz CT molecular complexity index is 2640. The third-order valence-corrected chi connectivity index (χ3v) is 20.2. The van der Waals surface area contributed by atoms with Crippen molar-refractivity contribution in [3.05, 3.63) is 56.6 Å². The molecule has 488 valence electrons. The Morgan fingerprint density at radius 1 is 0.563 bits per heavy atom. The Balaban J connectivity index is 1.29. The van der Waals surface area contributed by atoms with Crippen LogP contribution in [0.15, 0.2) is 24.3 Å². The van der Waals surface area contributed by atoms with Gasteiger partial charge in [0.1, 0.15) is 46.0 Å². The molecular weight excluding hydrogens is 1140 g/mol. The molecule has 87 heavy (non-hydrogen) atoms. The standard InChI is InChI=1S/C71H108Cl2N2O12/c1-41(2)20-18-21-42(3)51-26-27-52-48-25-24-46-36-43(32-34-70(46,16)53(48)33-35-71(51,52)17)22-19-23-47(44-37-49(60(78)54(72)39-44)62(80)74-56(64(82)86-68(10,11)12)28-30-58(76)84-66(4,5)6)45-38-50(61(79)55(73)40-45)63(81)75-57(65(83)87-69(13,14)15)29-31-59(77)85-67(7,8)9/h37-43,46-48,51-53,56-57,78-79H,18-36H2,1-17H3,(H,74,80)(H,75,81)/t42-,43+,46+,48+,51-,52+,53+,56+,57+,70+,71-/m1/s1. The monoisotopic (exact) mass is 1250 g/mol. The van der Waals surface area contributed by atoms with E-state index in [1.165, 1.54) is 76.3 Å². The van der Waals surface area contributed by atoms with E-state index < -0.39 is 87.6 Å². The van der Waals surface area contributed by atoms with E-state index in [0.717, 1.165) is 61.2 Å². The van der Waals surface area contributed by atoms with Crippen molar-refractivity contribution in [1.82, 2.24) is 10.6 Å². The number of hydrogen-bond donors (Lipinski definition) is 4. The van der Waals surface area contributed by atoms with E-state index in [0.29, 0.717) is 40.2 Å². The molecule has 0 aromatic heterocycles. The zero-order valence-corrected chi connectivity index (χ0v) is 57.3. The maximum Gasteiger partial charge on any atom is 0.329 e. The Morgan fingerprint density at radius 2 is 1.02 bits per heavy atom. The molecule has 4 N–H and O–H groups in total. The number of carbonyl (C=O) groups is 6. The van der Waals surface area contributed by atoms with Gasteiger partial charge >= 0.3 is 23.9 Å². The molecule has 4 fully saturated rings. The lowest BCUT2D eigenvalue weighted by atomic mass is 9.44. The van der Waals surface area contributed by atoms with Crippen LogP contribution in [-0.4, -0.2) is 80.4 Å². The van der Waals surface area contributed by atoms with Gasteiger partial charge in [-0.2, -0.15) is 0 Å². The minimum absolute atomic E-state index is 0.160. The summed E-state index contributed by atoms with van der Waals surface area (Å²) in [5.41, 5.74) is -2.29. The van der Waals surface area contributed by atoms with Crippen LogP contribution in [0.25, 0.3) is 0 Å². The zero-order valence-electron chi connectivity index (χ0n) is 55.8. The normalized spacial score (nSPS) is 25.1. The molecule has 0 saturated heterocycles. The number of ether oxygens (including phenoxy) is 4. The van der Waals surface area contributed by atoms with Crippen LogP contribution in [0.2, 0.25) is 10.0 Å². The van der Waals surface area contributed by atoms with Crippen LogP contribution in [0.3, 0.4) is 0 Å². The van der Waals surface area contributed by atoms with Gasteiger partial charge in [-0.05, 0) is 254 Å². The van der Waals surface area contributed by atoms with Gasteiger partial charge in [0, 0.05) is 18.8 Å². The molecule has 14 nitrogen and oxygen atoms in total. The fraction of sp³-hybridized carbons (Fsp3) is 0.746. The zero-order chi connectivity index (χ0) is 64.9. The van der Waals surface area contributed by atoms with Crippen LogP contribution in [0.4, 0.5) is 0 Å². The summed E-state index contributed by atoms with van der Waals surface area (Å²) in [5.74, 6) is -0.374. The maximum atomic E-state index is 14.5. The third kappa shape index (κ3) is 19.2. The number of hydrogen-bond acceptors (Lipinski definition) is 12. The quantitative estimate of drug-likeness (QED) is 0.0606. The van der Waals surface area contributed by atoms with Gasteiger partial charge in [-0.1, -0.05) is 89.9 Å². The van der Waals surface area contributed by atoms with Crippen LogP contribution in [0, 0.1) is 58.2 Å². The first-order valence-electron chi connectivity index (χ1n) is 32.7. The van der Waals surface area contributed by atoms with Gasteiger partial charge in [0.25, 0.3) is 11.8 Å². The average Bonchev–Trinajstić information content (AvgIpc) is 1.74. The molecule has 0 aliphatic heterocycles. The predicted octanol–water partition coefficient (Wildman–Crippen LogP) is 16.6. The van der Waals surface area contributed by atoms with Crippen molar-refractivity contribution in [2.24, 2.45) is 58.2 Å². The van der Waals surface area contributed by atoms with E-state index in [1.807, 2.05) is 0 Å². The summed E-state index contributed by atoms with van der Waals surface area (Å²) in [6.45, 7) is 33.0. The summed E-state index contributed by atoms with van der Waals surface area (Å²) >= 11 is 13.8. The smallest absolute Gasteiger partial charge is 0.329 e. The van der Waals surface area contributed by atoms with Crippen molar-refractivity contribution in [3.63, 3.8) is 0 Å². The summed E-state index contributed by atoms with van der Waals surface area (Å²) in [6.07, 6.45) is 16.8. The summed E-state index contributed by atoms with van der Waals surface area (Å²) in [5, 5.41) is 28.2. The number of rotatable bonds is 23. The predicted molar refractivity (Wildman–Crippen MR) is 343 cm³/mol. The lowest BCUT2D eigenvalue weighted by Gasteiger charge is -2.61. The van der Waals surface area contributed by atoms with Gasteiger partial charge in [0.15, 0.2) is 0 Å². The molecule has 0 spiro atoms. The third-order valence-electron chi connectivity index (χ3n) is 19.7. The van der Waals surface area contributed by atoms with Crippen molar-refractivity contribution >= 4 is 58.9 Å². The SMILES string of the molecule is CC(C)CCC[C@@H](C)[C@H]1CC[C@H]2[C@@H]3CC[C@H]4C[C@@H](CCCC(c5cc(Cl)c(O)c(C(=O)N[C@@H](CCC(=O)OC(C)(C)C)C(=O)OC(C)(C)C)c5)c5cc(Cl)c(O)c(C(=O)N[C@@H](CCC(=O)OC(C)(C)C)C(=O)OC(C)(C)C)c5)CC[C@]4(C)[C@H]3CC[C@]12C. The lowest BCUT2D eigenvalue weighted by Crippen LogP contribution is -2.53. The molecule has 2 aromatic carbocycles. The molecule has 0 bridgehead atoms. The fourth-order valence-corrected chi connectivity index (χ4v) is 16.2. The Kier molecular flexibility index (Phi) is 23.6. The van der Waals surface area contributed by atoms with E-state index in [9.17, 15) is 39.0 Å². The number of fused-ring (bicyclic) bond motifs is 5. The molecule has 2 amide bonds. The first-order valence-corrected chi connectivity index (χ1v) is 33.5. The molecule has 4 aliphatic rings. The maximum absolute atomic E-state index is 14.5. The lowest BCUT2D eigenvalue weighted by molar-refractivity contribution is -0.160. The second-order valence-corrected chi connectivity index (χ2v) is 32.3. The molecule has 0 heterocycles. The topological polar surface area (TPSA) is 204 Å². The molecule has 4 saturated carbocycles. The summed E-state index contributed by atoms with van der Waals surface area (Å²) in [4.78, 5) is 82.3. The van der Waals surface area contributed by atoms with Crippen molar-refractivity contribution in [2.45, 2.75) is 280 Å². The first-order chi connectivity index (χ1) is 40.2. The van der Waals surface area contributed by atoms with Gasteiger partial charge in [-0.15, -0.1) is 0 Å². The molecule has 16 heteroatoms. The van der Waals surface area contributed by atoms with E-state index >= 15 is 0 Å². The average molecular weight is 1250 g/mol. The second kappa shape index (κ2) is 28.7. The second-order valence-electron chi connectivity index (χ2n) is 31.5. The van der Waals surface area contributed by atoms with E-state index in [4.69, 9.17) is 42.1 Å².